The van der Waals surface area contributed by atoms with Crippen LogP contribution in [-0.4, -0.2) is 43.0 Å². The van der Waals surface area contributed by atoms with E-state index in [1.807, 2.05) is 29.2 Å². The summed E-state index contributed by atoms with van der Waals surface area (Å²) in [4.78, 5) is 27.1. The topological polar surface area (TPSA) is 58.6 Å². The summed E-state index contributed by atoms with van der Waals surface area (Å²) in [7, 11) is 1.65. The zero-order valence-electron chi connectivity index (χ0n) is 15.7. The van der Waals surface area contributed by atoms with Gasteiger partial charge in [-0.2, -0.15) is 0 Å². The predicted octanol–water partition coefficient (Wildman–Crippen LogP) is 3.13. The molecular formula is C21H30N2O3. The number of carbonyl (C=O) groups excluding carboxylic acids is 2. The molecule has 2 aliphatic rings. The van der Waals surface area contributed by atoms with Crippen molar-refractivity contribution in [1.29, 1.82) is 0 Å². The Bertz CT molecular complexity index is 617. The van der Waals surface area contributed by atoms with Gasteiger partial charge >= 0.3 is 0 Å². The number of benzene rings is 1. The second-order valence-electron chi connectivity index (χ2n) is 7.54. The van der Waals surface area contributed by atoms with Gasteiger partial charge in [-0.3, -0.25) is 9.59 Å². The van der Waals surface area contributed by atoms with Crippen LogP contribution in [0.5, 0.6) is 0 Å². The van der Waals surface area contributed by atoms with Crippen molar-refractivity contribution in [3.63, 3.8) is 0 Å². The fourth-order valence-electron chi connectivity index (χ4n) is 4.09. The number of piperidine rings is 1. The molecule has 3 rings (SSSR count). The second kappa shape index (κ2) is 9.17. The van der Waals surface area contributed by atoms with E-state index >= 15 is 0 Å². The van der Waals surface area contributed by atoms with Crippen LogP contribution >= 0.6 is 0 Å². The van der Waals surface area contributed by atoms with Crippen LogP contribution in [0, 0.1) is 5.92 Å². The molecule has 1 heterocycles. The molecule has 0 aromatic heterocycles. The summed E-state index contributed by atoms with van der Waals surface area (Å²) >= 11 is 0. The van der Waals surface area contributed by atoms with Gasteiger partial charge in [-0.25, -0.2) is 0 Å². The van der Waals surface area contributed by atoms with Crippen LogP contribution in [0.1, 0.15) is 60.9 Å². The third-order valence-electron chi connectivity index (χ3n) is 5.60. The minimum atomic E-state index is -0.0417. The number of likely N-dealkylation sites (tertiary alicyclic amines) is 1. The lowest BCUT2D eigenvalue weighted by molar-refractivity contribution is -0.137. The van der Waals surface area contributed by atoms with Gasteiger partial charge < -0.3 is 15.0 Å². The molecule has 1 aromatic carbocycles. The number of hydrogen-bond donors (Lipinski definition) is 1. The molecule has 0 atom stereocenters. The average Bonchev–Trinajstić information content (AvgIpc) is 2.69. The van der Waals surface area contributed by atoms with Gasteiger partial charge in [0.15, 0.2) is 0 Å². The van der Waals surface area contributed by atoms with Crippen LogP contribution in [0.15, 0.2) is 24.3 Å². The molecule has 1 aliphatic heterocycles. The Balaban J connectivity index is 1.48. The van der Waals surface area contributed by atoms with Crippen LogP contribution < -0.4 is 5.32 Å². The first kappa shape index (κ1) is 18.9. The maximum absolute atomic E-state index is 12.6. The number of rotatable bonds is 5. The summed E-state index contributed by atoms with van der Waals surface area (Å²) in [6, 6.07) is 7.69. The van der Waals surface area contributed by atoms with Crippen molar-refractivity contribution < 1.29 is 14.3 Å². The Morgan fingerprint density at radius 3 is 2.54 bits per heavy atom. The highest BCUT2D eigenvalue weighted by Gasteiger charge is 2.29. The molecule has 1 saturated heterocycles. The number of carbonyl (C=O) groups is 2. The highest BCUT2D eigenvalue weighted by molar-refractivity contribution is 5.94. The van der Waals surface area contributed by atoms with Crippen LogP contribution in [0.25, 0.3) is 0 Å². The minimum Gasteiger partial charge on any atom is -0.380 e. The Hall–Kier alpha value is -1.88. The van der Waals surface area contributed by atoms with E-state index in [2.05, 4.69) is 5.32 Å². The highest BCUT2D eigenvalue weighted by Crippen LogP contribution is 2.26. The quantitative estimate of drug-likeness (QED) is 0.880. The molecule has 5 heteroatoms. The molecule has 2 fully saturated rings. The Kier molecular flexibility index (Phi) is 6.67. The Labute approximate surface area is 156 Å². The van der Waals surface area contributed by atoms with Crippen LogP contribution in [0.3, 0.4) is 0 Å². The Morgan fingerprint density at radius 1 is 1.12 bits per heavy atom. The predicted molar refractivity (Wildman–Crippen MR) is 101 cm³/mol. The molecule has 0 unspecified atom stereocenters. The fourth-order valence-corrected chi connectivity index (χ4v) is 4.09. The van der Waals surface area contributed by atoms with Gasteiger partial charge in [0.25, 0.3) is 5.91 Å². The standard InChI is InChI=1S/C21H30N2O3/c1-26-15-16-6-5-9-18(14-16)20(24)22-19-10-12-23(13-11-19)21(25)17-7-3-2-4-8-17/h5-6,9,14,17,19H,2-4,7-8,10-13,15H2,1H3,(H,22,24). The molecule has 2 amide bonds. The third kappa shape index (κ3) is 4.85. The summed E-state index contributed by atoms with van der Waals surface area (Å²) in [6.45, 7) is 2.01. The molecule has 1 aromatic rings. The number of methoxy groups -OCH3 is 1. The summed E-state index contributed by atoms with van der Waals surface area (Å²) in [5, 5.41) is 3.13. The SMILES string of the molecule is COCc1cccc(C(=O)NC2CCN(C(=O)C3CCCCC3)CC2)c1. The second-order valence-corrected chi connectivity index (χ2v) is 7.54. The first-order valence-electron chi connectivity index (χ1n) is 9.85. The number of nitrogens with zero attached hydrogens (tertiary/aromatic N) is 1. The molecule has 1 saturated carbocycles. The normalized spacial score (nSPS) is 19.3. The average molecular weight is 358 g/mol. The summed E-state index contributed by atoms with van der Waals surface area (Å²) in [5.74, 6) is 0.528. The fraction of sp³-hybridized carbons (Fsp3) is 0.619. The van der Waals surface area contributed by atoms with Crippen molar-refractivity contribution >= 4 is 11.8 Å². The largest absolute Gasteiger partial charge is 0.380 e. The first-order valence-corrected chi connectivity index (χ1v) is 9.85. The van der Waals surface area contributed by atoms with Gasteiger partial charge in [0.2, 0.25) is 5.91 Å². The molecule has 1 N–H and O–H groups in total. The summed E-state index contributed by atoms with van der Waals surface area (Å²) < 4.78 is 5.13. The Morgan fingerprint density at radius 2 is 1.85 bits per heavy atom. The monoisotopic (exact) mass is 358 g/mol. The van der Waals surface area contributed by atoms with Crippen molar-refractivity contribution in [1.82, 2.24) is 10.2 Å². The smallest absolute Gasteiger partial charge is 0.251 e. The number of nitrogens with one attached hydrogen (secondary N) is 1. The van der Waals surface area contributed by atoms with E-state index in [9.17, 15) is 9.59 Å². The van der Waals surface area contributed by atoms with Crippen LogP contribution in [0.4, 0.5) is 0 Å². The third-order valence-corrected chi connectivity index (χ3v) is 5.60. The van der Waals surface area contributed by atoms with E-state index in [0.717, 1.165) is 44.3 Å². The van der Waals surface area contributed by atoms with Crippen molar-refractivity contribution in [2.24, 2.45) is 5.92 Å². The van der Waals surface area contributed by atoms with E-state index in [1.54, 1.807) is 7.11 Å². The zero-order valence-corrected chi connectivity index (χ0v) is 15.7. The van der Waals surface area contributed by atoms with Gasteiger partial charge in [-0.15, -0.1) is 0 Å². The molecule has 0 radical (unpaired) electrons. The summed E-state index contributed by atoms with van der Waals surface area (Å²) in [5.41, 5.74) is 1.66. The highest BCUT2D eigenvalue weighted by atomic mass is 16.5. The minimum absolute atomic E-state index is 0.0417. The van der Waals surface area contributed by atoms with Gasteiger partial charge in [0, 0.05) is 37.7 Å². The van der Waals surface area contributed by atoms with Crippen molar-refractivity contribution in [2.45, 2.75) is 57.6 Å². The molecule has 26 heavy (non-hydrogen) atoms. The van der Waals surface area contributed by atoms with Gasteiger partial charge in [0.05, 0.1) is 6.61 Å². The molecule has 142 valence electrons. The van der Waals surface area contributed by atoms with Crippen molar-refractivity contribution in [2.75, 3.05) is 20.2 Å². The molecule has 0 spiro atoms. The maximum Gasteiger partial charge on any atom is 0.251 e. The van der Waals surface area contributed by atoms with Crippen LogP contribution in [0.2, 0.25) is 0 Å². The zero-order chi connectivity index (χ0) is 18.4. The lowest BCUT2D eigenvalue weighted by Crippen LogP contribution is -2.48. The summed E-state index contributed by atoms with van der Waals surface area (Å²) in [6.07, 6.45) is 7.41. The number of ether oxygens (including phenoxy) is 1. The van der Waals surface area contributed by atoms with E-state index in [0.29, 0.717) is 18.1 Å². The molecular weight excluding hydrogens is 328 g/mol. The van der Waals surface area contributed by atoms with Crippen molar-refractivity contribution in [3.05, 3.63) is 35.4 Å². The van der Waals surface area contributed by atoms with Gasteiger partial charge in [-0.05, 0) is 43.4 Å². The van der Waals surface area contributed by atoms with E-state index in [1.165, 1.54) is 19.3 Å². The first-order chi connectivity index (χ1) is 12.7. The van der Waals surface area contributed by atoms with Gasteiger partial charge in [-0.1, -0.05) is 31.4 Å². The van der Waals surface area contributed by atoms with E-state index in [-0.39, 0.29) is 17.9 Å². The lowest BCUT2D eigenvalue weighted by atomic mass is 9.87. The van der Waals surface area contributed by atoms with E-state index in [4.69, 9.17) is 4.74 Å². The van der Waals surface area contributed by atoms with Crippen molar-refractivity contribution in [3.8, 4) is 0 Å². The van der Waals surface area contributed by atoms with Crippen LogP contribution in [-0.2, 0) is 16.1 Å². The number of hydrogen-bond acceptors (Lipinski definition) is 3. The molecule has 0 bridgehead atoms. The molecule has 1 aliphatic carbocycles. The van der Waals surface area contributed by atoms with E-state index < -0.39 is 0 Å². The molecule has 5 nitrogen and oxygen atoms in total. The maximum atomic E-state index is 12.6. The lowest BCUT2D eigenvalue weighted by Gasteiger charge is -2.35. The van der Waals surface area contributed by atoms with Gasteiger partial charge in [0.1, 0.15) is 0 Å². The number of amides is 2.